The number of piperidine rings is 1. The average Bonchev–Trinajstić information content (AvgIpc) is 2.74. The van der Waals surface area contributed by atoms with E-state index in [1.54, 1.807) is 24.4 Å². The second-order valence-corrected chi connectivity index (χ2v) is 6.85. The molecule has 9 heteroatoms. The van der Waals surface area contributed by atoms with Crippen molar-refractivity contribution >= 4 is 22.8 Å². The fourth-order valence-corrected chi connectivity index (χ4v) is 3.55. The average molecular weight is 390 g/mol. The molecule has 0 aliphatic carbocycles. The molecule has 1 saturated heterocycles. The van der Waals surface area contributed by atoms with E-state index in [9.17, 15) is 15.0 Å². The summed E-state index contributed by atoms with van der Waals surface area (Å²) in [6, 6.07) is 10.1. The van der Waals surface area contributed by atoms with Gasteiger partial charge >= 0.3 is 6.09 Å². The van der Waals surface area contributed by atoms with Gasteiger partial charge in [0, 0.05) is 36.3 Å². The highest BCUT2D eigenvalue weighted by atomic mass is 16.4. The number of aromatic nitrogens is 3. The first-order valence-corrected chi connectivity index (χ1v) is 9.16. The summed E-state index contributed by atoms with van der Waals surface area (Å²) in [7, 11) is 0. The summed E-state index contributed by atoms with van der Waals surface area (Å²) in [6.45, 7) is 0.887. The van der Waals surface area contributed by atoms with Crippen molar-refractivity contribution in [2.45, 2.75) is 18.9 Å². The van der Waals surface area contributed by atoms with E-state index in [1.165, 1.54) is 11.0 Å². The topological polar surface area (TPSA) is 135 Å². The summed E-state index contributed by atoms with van der Waals surface area (Å²) in [6.07, 6.45) is 2.29. The van der Waals surface area contributed by atoms with E-state index in [1.807, 2.05) is 12.1 Å². The van der Waals surface area contributed by atoms with E-state index < -0.39 is 6.09 Å². The number of nitrogens with one attached hydrogen (secondary N) is 1. The molecule has 0 bridgehead atoms. The van der Waals surface area contributed by atoms with Crippen molar-refractivity contribution in [3.63, 3.8) is 0 Å². The Bertz CT molecular complexity index is 1130. The first-order chi connectivity index (χ1) is 14.1. The second kappa shape index (κ2) is 7.59. The largest absolute Gasteiger partial charge is 0.507 e. The van der Waals surface area contributed by atoms with Crippen LogP contribution in [0, 0.1) is 11.3 Å². The minimum Gasteiger partial charge on any atom is -0.507 e. The van der Waals surface area contributed by atoms with Gasteiger partial charge < -0.3 is 20.4 Å². The summed E-state index contributed by atoms with van der Waals surface area (Å²) >= 11 is 0. The third-order valence-corrected chi connectivity index (χ3v) is 4.95. The van der Waals surface area contributed by atoms with E-state index in [4.69, 9.17) is 5.26 Å². The van der Waals surface area contributed by atoms with Gasteiger partial charge in [0.05, 0.1) is 11.6 Å². The van der Waals surface area contributed by atoms with E-state index in [0.29, 0.717) is 46.6 Å². The summed E-state index contributed by atoms with van der Waals surface area (Å²) < 4.78 is 0. The van der Waals surface area contributed by atoms with Crippen molar-refractivity contribution < 1.29 is 15.0 Å². The molecule has 146 valence electrons. The Hall–Kier alpha value is -3.93. The van der Waals surface area contributed by atoms with E-state index in [-0.39, 0.29) is 11.8 Å². The molecular weight excluding hydrogens is 372 g/mol. The lowest BCUT2D eigenvalue weighted by molar-refractivity contribution is 0.133. The standard InChI is InChI=1S/C20H18N6O3/c21-10-12-5-6-14(16(27)9-12)17-15-4-1-7-22-18(15)19(25-24-17)23-13-3-2-8-26(11-13)20(28)29/h1,4-7,9,13,27H,2-3,8,11H2,(H,23,25)(H,28,29)/t13-/m1/s1. The van der Waals surface area contributed by atoms with Crippen molar-refractivity contribution in [3.8, 4) is 23.1 Å². The number of anilines is 1. The summed E-state index contributed by atoms with van der Waals surface area (Å²) in [5, 5.41) is 41.1. The maximum atomic E-state index is 11.3. The number of amides is 1. The maximum absolute atomic E-state index is 11.3. The zero-order chi connectivity index (χ0) is 20.4. The molecule has 0 radical (unpaired) electrons. The van der Waals surface area contributed by atoms with Gasteiger partial charge in [-0.1, -0.05) is 0 Å². The molecule has 3 heterocycles. The molecule has 3 aromatic rings. The molecule has 1 fully saturated rings. The van der Waals surface area contributed by atoms with Crippen molar-refractivity contribution in [1.29, 1.82) is 5.26 Å². The summed E-state index contributed by atoms with van der Waals surface area (Å²) in [4.78, 5) is 17.1. The van der Waals surface area contributed by atoms with Crippen LogP contribution >= 0.6 is 0 Å². The summed E-state index contributed by atoms with van der Waals surface area (Å²) in [5.74, 6) is 0.406. The van der Waals surface area contributed by atoms with Gasteiger partial charge in [0.15, 0.2) is 5.82 Å². The van der Waals surface area contributed by atoms with Crippen LogP contribution in [0.5, 0.6) is 5.75 Å². The summed E-state index contributed by atoms with van der Waals surface area (Å²) in [5.41, 5.74) is 1.83. The van der Waals surface area contributed by atoms with Crippen LogP contribution in [-0.2, 0) is 0 Å². The minimum atomic E-state index is -0.933. The number of hydrogen-bond donors (Lipinski definition) is 3. The third-order valence-electron chi connectivity index (χ3n) is 4.95. The number of carbonyl (C=O) groups is 1. The molecule has 0 saturated carbocycles. The van der Waals surface area contributed by atoms with Gasteiger partial charge in [-0.25, -0.2) is 4.79 Å². The van der Waals surface area contributed by atoms with Crippen molar-refractivity contribution in [2.75, 3.05) is 18.4 Å². The number of phenolic OH excluding ortho intramolecular Hbond substituents is 1. The lowest BCUT2D eigenvalue weighted by Crippen LogP contribution is -2.44. The van der Waals surface area contributed by atoms with Crippen LogP contribution in [0.15, 0.2) is 36.5 Å². The number of pyridine rings is 1. The molecule has 1 amide bonds. The number of fused-ring (bicyclic) bond motifs is 1. The zero-order valence-corrected chi connectivity index (χ0v) is 15.4. The van der Waals surface area contributed by atoms with Gasteiger partial charge in [-0.15, -0.1) is 10.2 Å². The Morgan fingerprint density at radius 1 is 1.31 bits per heavy atom. The van der Waals surface area contributed by atoms with Gasteiger partial charge in [-0.05, 0) is 43.2 Å². The van der Waals surface area contributed by atoms with Crippen LogP contribution in [0.25, 0.3) is 22.2 Å². The van der Waals surface area contributed by atoms with Crippen molar-refractivity contribution in [1.82, 2.24) is 20.1 Å². The first-order valence-electron chi connectivity index (χ1n) is 9.16. The predicted octanol–water partition coefficient (Wildman–Crippen LogP) is 2.82. The Balaban J connectivity index is 1.71. The lowest BCUT2D eigenvalue weighted by Gasteiger charge is -2.31. The van der Waals surface area contributed by atoms with Gasteiger partial charge in [-0.3, -0.25) is 4.98 Å². The number of carboxylic acid groups (broad SMARTS) is 1. The normalized spacial score (nSPS) is 16.4. The van der Waals surface area contributed by atoms with Gasteiger partial charge in [0.2, 0.25) is 0 Å². The van der Waals surface area contributed by atoms with Crippen LogP contribution in [-0.4, -0.2) is 55.5 Å². The molecule has 1 aromatic carbocycles. The number of nitriles is 1. The minimum absolute atomic E-state index is 0.0615. The van der Waals surface area contributed by atoms with Gasteiger partial charge in [-0.2, -0.15) is 5.26 Å². The number of aromatic hydroxyl groups is 1. The quantitative estimate of drug-likeness (QED) is 0.621. The van der Waals surface area contributed by atoms with Crippen LogP contribution in [0.4, 0.5) is 10.6 Å². The molecule has 4 rings (SSSR count). The molecule has 1 atom stereocenters. The Kier molecular flexibility index (Phi) is 4.83. The molecule has 0 spiro atoms. The zero-order valence-electron chi connectivity index (χ0n) is 15.4. The Morgan fingerprint density at radius 3 is 2.93 bits per heavy atom. The molecule has 3 N–H and O–H groups in total. The van der Waals surface area contributed by atoms with Crippen molar-refractivity contribution in [3.05, 3.63) is 42.1 Å². The number of nitrogens with zero attached hydrogens (tertiary/aromatic N) is 5. The highest BCUT2D eigenvalue weighted by Crippen LogP contribution is 2.34. The molecule has 1 aliphatic heterocycles. The lowest BCUT2D eigenvalue weighted by atomic mass is 10.0. The van der Waals surface area contributed by atoms with E-state index in [0.717, 1.165) is 12.8 Å². The molecule has 0 unspecified atom stereocenters. The van der Waals surface area contributed by atoms with Crippen molar-refractivity contribution in [2.24, 2.45) is 0 Å². The molecule has 2 aromatic heterocycles. The first kappa shape index (κ1) is 18.4. The molecule has 1 aliphatic rings. The van der Waals surface area contributed by atoms with Crippen LogP contribution in [0.1, 0.15) is 18.4 Å². The number of hydrogen-bond acceptors (Lipinski definition) is 7. The fraction of sp³-hybridized carbons (Fsp3) is 0.250. The van der Waals surface area contributed by atoms with Crippen LogP contribution in [0.3, 0.4) is 0 Å². The number of benzene rings is 1. The number of rotatable bonds is 3. The second-order valence-electron chi connectivity index (χ2n) is 6.85. The SMILES string of the molecule is N#Cc1ccc(-c2nnc(N[C@@H]3CCCN(C(=O)O)C3)c3ncccc23)c(O)c1. The van der Waals surface area contributed by atoms with E-state index >= 15 is 0 Å². The van der Waals surface area contributed by atoms with E-state index in [2.05, 4.69) is 20.5 Å². The van der Waals surface area contributed by atoms with Crippen LogP contribution in [0.2, 0.25) is 0 Å². The van der Waals surface area contributed by atoms with Gasteiger partial charge in [0.25, 0.3) is 0 Å². The monoisotopic (exact) mass is 390 g/mol. The van der Waals surface area contributed by atoms with Crippen LogP contribution < -0.4 is 5.32 Å². The maximum Gasteiger partial charge on any atom is 0.407 e. The Morgan fingerprint density at radius 2 is 2.17 bits per heavy atom. The highest BCUT2D eigenvalue weighted by Gasteiger charge is 2.24. The molecule has 9 nitrogen and oxygen atoms in total. The predicted molar refractivity (Wildman–Crippen MR) is 105 cm³/mol. The fourth-order valence-electron chi connectivity index (χ4n) is 3.55. The highest BCUT2D eigenvalue weighted by molar-refractivity contribution is 5.98. The number of likely N-dealkylation sites (tertiary alicyclic amines) is 1. The molecular formula is C20H18N6O3. The third kappa shape index (κ3) is 3.60. The number of phenols is 1. The Labute approximate surface area is 166 Å². The smallest absolute Gasteiger partial charge is 0.407 e. The van der Waals surface area contributed by atoms with Gasteiger partial charge in [0.1, 0.15) is 17.0 Å². The molecule has 29 heavy (non-hydrogen) atoms.